The van der Waals surface area contributed by atoms with E-state index in [0.717, 1.165) is 34.0 Å². The third-order valence-electron chi connectivity index (χ3n) is 2.49. The van der Waals surface area contributed by atoms with Gasteiger partial charge in [0.05, 0.1) is 5.39 Å². The highest BCUT2D eigenvalue weighted by atomic mass is 32.2. The highest BCUT2D eigenvalue weighted by molar-refractivity contribution is 8.04. The Balaban J connectivity index is 2.11. The SMILES string of the molecule is [B]C1=CN(c2ncnc3[nH]ccc23)CCS1. The molecule has 0 fully saturated rings. The number of fused-ring (bicyclic) bond motifs is 1. The van der Waals surface area contributed by atoms with Gasteiger partial charge in [-0.1, -0.05) is 0 Å². The maximum absolute atomic E-state index is 5.81. The van der Waals surface area contributed by atoms with Gasteiger partial charge in [0.25, 0.3) is 0 Å². The Morgan fingerprint density at radius 1 is 1.44 bits per heavy atom. The third kappa shape index (κ3) is 1.59. The lowest BCUT2D eigenvalue weighted by molar-refractivity contribution is 0.984. The second-order valence-electron chi connectivity index (χ2n) is 3.51. The summed E-state index contributed by atoms with van der Waals surface area (Å²) in [5.74, 6) is 1.90. The van der Waals surface area contributed by atoms with Gasteiger partial charge in [0, 0.05) is 24.7 Å². The Kier molecular flexibility index (Phi) is 2.36. The molecule has 0 spiro atoms. The van der Waals surface area contributed by atoms with Crippen molar-refractivity contribution in [1.82, 2.24) is 15.0 Å². The summed E-state index contributed by atoms with van der Waals surface area (Å²) in [6.07, 6.45) is 5.37. The first kappa shape index (κ1) is 9.78. The topological polar surface area (TPSA) is 44.8 Å². The number of rotatable bonds is 1. The molecule has 0 aliphatic carbocycles. The van der Waals surface area contributed by atoms with Gasteiger partial charge >= 0.3 is 0 Å². The van der Waals surface area contributed by atoms with E-state index < -0.39 is 0 Å². The van der Waals surface area contributed by atoms with Gasteiger partial charge in [-0.3, -0.25) is 0 Å². The van der Waals surface area contributed by atoms with Crippen LogP contribution < -0.4 is 4.90 Å². The lowest BCUT2D eigenvalue weighted by Gasteiger charge is -2.24. The smallest absolute Gasteiger partial charge is 0.145 e. The first-order valence-electron chi connectivity index (χ1n) is 4.99. The highest BCUT2D eigenvalue weighted by Gasteiger charge is 2.14. The van der Waals surface area contributed by atoms with Crippen molar-refractivity contribution in [3.05, 3.63) is 29.6 Å². The van der Waals surface area contributed by atoms with Crippen LogP contribution in [0.1, 0.15) is 0 Å². The average molecular weight is 228 g/mol. The molecular formula is C10H9BN4S. The van der Waals surface area contributed by atoms with Crippen LogP contribution in [0, 0.1) is 0 Å². The van der Waals surface area contributed by atoms with Gasteiger partial charge < -0.3 is 9.88 Å². The van der Waals surface area contributed by atoms with Crippen molar-refractivity contribution in [2.45, 2.75) is 0 Å². The van der Waals surface area contributed by atoms with Crippen LogP contribution in [-0.2, 0) is 0 Å². The van der Waals surface area contributed by atoms with Gasteiger partial charge in [-0.05, 0) is 10.9 Å². The van der Waals surface area contributed by atoms with Crippen molar-refractivity contribution < 1.29 is 0 Å². The summed E-state index contributed by atoms with van der Waals surface area (Å²) in [4.78, 5) is 14.5. The Hall–Kier alpha value is -1.43. The largest absolute Gasteiger partial charge is 0.346 e. The van der Waals surface area contributed by atoms with Crippen molar-refractivity contribution in [2.24, 2.45) is 0 Å². The zero-order valence-corrected chi connectivity index (χ0v) is 9.37. The quantitative estimate of drug-likeness (QED) is 0.751. The van der Waals surface area contributed by atoms with E-state index in [9.17, 15) is 0 Å². The fourth-order valence-corrected chi connectivity index (χ4v) is 2.50. The number of nitrogens with zero attached hydrogens (tertiary/aromatic N) is 3. The van der Waals surface area contributed by atoms with E-state index >= 15 is 0 Å². The van der Waals surface area contributed by atoms with Crippen LogP contribution in [0.5, 0.6) is 0 Å². The summed E-state index contributed by atoms with van der Waals surface area (Å²) in [6, 6.07) is 1.98. The summed E-state index contributed by atoms with van der Waals surface area (Å²) in [6.45, 7) is 0.919. The Morgan fingerprint density at radius 3 is 3.25 bits per heavy atom. The zero-order valence-electron chi connectivity index (χ0n) is 8.55. The molecule has 16 heavy (non-hydrogen) atoms. The second kappa shape index (κ2) is 3.86. The van der Waals surface area contributed by atoms with Crippen molar-refractivity contribution in [2.75, 3.05) is 17.2 Å². The molecule has 78 valence electrons. The van der Waals surface area contributed by atoms with Gasteiger partial charge in [-0.15, -0.1) is 11.8 Å². The molecule has 0 atom stereocenters. The molecule has 4 nitrogen and oxygen atoms in total. The normalized spacial score (nSPS) is 16.5. The fourth-order valence-electron chi connectivity index (χ4n) is 1.77. The van der Waals surface area contributed by atoms with Gasteiger partial charge in [0.2, 0.25) is 0 Å². The van der Waals surface area contributed by atoms with Gasteiger partial charge in [0.1, 0.15) is 25.6 Å². The van der Waals surface area contributed by atoms with Gasteiger partial charge in [-0.25, -0.2) is 9.97 Å². The molecule has 0 saturated carbocycles. The lowest BCUT2D eigenvalue weighted by Crippen LogP contribution is -2.24. The average Bonchev–Trinajstić information content (AvgIpc) is 2.76. The van der Waals surface area contributed by atoms with Crippen LogP contribution in [0.3, 0.4) is 0 Å². The summed E-state index contributed by atoms with van der Waals surface area (Å²) in [7, 11) is 5.81. The predicted octanol–water partition coefficient (Wildman–Crippen LogP) is 1.48. The minimum Gasteiger partial charge on any atom is -0.346 e. The molecule has 3 rings (SSSR count). The van der Waals surface area contributed by atoms with Crippen LogP contribution in [0.15, 0.2) is 29.6 Å². The maximum Gasteiger partial charge on any atom is 0.145 e. The summed E-state index contributed by atoms with van der Waals surface area (Å²) in [5, 5.41) is 1.03. The molecule has 0 bridgehead atoms. The second-order valence-corrected chi connectivity index (χ2v) is 4.68. The number of H-pyrrole nitrogens is 1. The van der Waals surface area contributed by atoms with Crippen LogP contribution in [0.4, 0.5) is 5.82 Å². The Bertz CT molecular complexity index is 550. The van der Waals surface area contributed by atoms with E-state index in [-0.39, 0.29) is 0 Å². The number of aromatic amines is 1. The van der Waals surface area contributed by atoms with Crippen LogP contribution >= 0.6 is 11.8 Å². The molecule has 1 N–H and O–H groups in total. The van der Waals surface area contributed by atoms with E-state index in [1.54, 1.807) is 18.1 Å². The van der Waals surface area contributed by atoms with Crippen molar-refractivity contribution in [1.29, 1.82) is 0 Å². The molecule has 2 aromatic heterocycles. The zero-order chi connectivity index (χ0) is 11.0. The monoisotopic (exact) mass is 228 g/mol. The molecule has 2 radical (unpaired) electrons. The number of thioether (sulfide) groups is 1. The first-order chi connectivity index (χ1) is 7.84. The van der Waals surface area contributed by atoms with Crippen molar-refractivity contribution >= 4 is 36.5 Å². The fraction of sp³-hybridized carbons (Fsp3) is 0.200. The number of hydrogen-bond acceptors (Lipinski definition) is 4. The maximum atomic E-state index is 5.81. The minimum absolute atomic E-state index is 0.827. The van der Waals surface area contributed by atoms with Crippen LogP contribution in [-0.4, -0.2) is 35.1 Å². The summed E-state index contributed by atoms with van der Waals surface area (Å²) < 4.78 is 0. The molecule has 0 saturated heterocycles. The third-order valence-corrected chi connectivity index (χ3v) is 3.31. The highest BCUT2D eigenvalue weighted by Crippen LogP contribution is 2.27. The molecule has 0 amide bonds. The minimum atomic E-state index is 0.827. The van der Waals surface area contributed by atoms with Crippen LogP contribution in [0.25, 0.3) is 11.0 Å². The molecule has 0 aromatic carbocycles. The molecular weight excluding hydrogens is 219 g/mol. The van der Waals surface area contributed by atoms with Gasteiger partial charge in [-0.2, -0.15) is 0 Å². The number of aromatic nitrogens is 3. The number of nitrogens with one attached hydrogen (secondary N) is 1. The molecule has 1 aliphatic rings. The summed E-state index contributed by atoms with van der Waals surface area (Å²) in [5.41, 5.74) is 0.857. The molecule has 6 heteroatoms. The molecule has 0 unspecified atom stereocenters. The van der Waals surface area contributed by atoms with Gasteiger partial charge in [0.15, 0.2) is 0 Å². The predicted molar refractivity (Wildman–Crippen MR) is 67.5 cm³/mol. The summed E-state index contributed by atoms with van der Waals surface area (Å²) >= 11 is 1.67. The van der Waals surface area contributed by atoms with E-state index in [1.807, 2.05) is 18.5 Å². The van der Waals surface area contributed by atoms with E-state index in [2.05, 4.69) is 19.9 Å². The van der Waals surface area contributed by atoms with Crippen molar-refractivity contribution in [3.63, 3.8) is 0 Å². The van der Waals surface area contributed by atoms with Crippen molar-refractivity contribution in [3.8, 4) is 0 Å². The lowest BCUT2D eigenvalue weighted by atomic mass is 10.1. The first-order valence-corrected chi connectivity index (χ1v) is 5.98. The molecule has 1 aliphatic heterocycles. The van der Waals surface area contributed by atoms with E-state index in [1.165, 1.54) is 0 Å². The van der Waals surface area contributed by atoms with E-state index in [0.29, 0.717) is 0 Å². The Morgan fingerprint density at radius 2 is 2.38 bits per heavy atom. The molecule has 3 heterocycles. The molecule has 2 aromatic rings. The Labute approximate surface area is 98.6 Å². The van der Waals surface area contributed by atoms with E-state index in [4.69, 9.17) is 7.85 Å². The standard InChI is InChI=1S/C10H9BN4S/c11-8-5-15(3-4-16-8)10-7-1-2-12-9(7)13-6-14-10/h1-2,5-6H,3-4H2,(H,12,13,14). The number of anilines is 1. The number of hydrogen-bond donors (Lipinski definition) is 1. The van der Waals surface area contributed by atoms with Crippen LogP contribution in [0.2, 0.25) is 0 Å².